The zero-order valence-corrected chi connectivity index (χ0v) is 20.5. The lowest BCUT2D eigenvalue weighted by Gasteiger charge is -2.21. The van der Waals surface area contributed by atoms with Crippen LogP contribution in [0.1, 0.15) is 60.1 Å². The monoisotopic (exact) mass is 438 g/mol. The molecule has 4 rings (SSSR count). The van der Waals surface area contributed by atoms with Crippen LogP contribution in [-0.4, -0.2) is 37.6 Å². The van der Waals surface area contributed by atoms with Crippen LogP contribution in [-0.2, 0) is 22.3 Å². The number of rotatable bonds is 11. The normalized spacial score (nSPS) is 21.2. The Morgan fingerprint density at radius 3 is 1.25 bits per heavy atom. The average molecular weight is 439 g/mol. The molecule has 174 valence electrons. The van der Waals surface area contributed by atoms with Gasteiger partial charge in [0.15, 0.2) is 0 Å². The van der Waals surface area contributed by atoms with Crippen LogP contribution in [0.2, 0.25) is 0 Å². The van der Waals surface area contributed by atoms with E-state index in [1.165, 1.54) is 33.4 Å². The molecule has 4 atom stereocenters. The number of aryl methyl sites for hydroxylation is 6. The van der Waals surface area contributed by atoms with Crippen molar-refractivity contribution in [1.29, 1.82) is 0 Å². The van der Waals surface area contributed by atoms with E-state index in [4.69, 9.17) is 18.9 Å². The van der Waals surface area contributed by atoms with Gasteiger partial charge < -0.3 is 18.9 Å². The van der Waals surface area contributed by atoms with E-state index in [-0.39, 0.29) is 24.4 Å². The second-order valence-corrected chi connectivity index (χ2v) is 9.49. The third-order valence-electron chi connectivity index (χ3n) is 6.63. The van der Waals surface area contributed by atoms with E-state index < -0.39 is 0 Å². The SMILES string of the molecule is CCC(Oc1c(C)cc(CCc2cc(C)c(OC(CC)C3CO3)c(C)c2)cc1C)C1CO1. The number of hydrogen-bond donors (Lipinski definition) is 0. The molecule has 4 heteroatoms. The molecule has 2 aliphatic heterocycles. The summed E-state index contributed by atoms with van der Waals surface area (Å²) in [5.41, 5.74) is 7.56. The molecule has 2 aliphatic rings. The highest BCUT2D eigenvalue weighted by Gasteiger charge is 2.34. The maximum atomic E-state index is 6.33. The van der Waals surface area contributed by atoms with Gasteiger partial charge in [0.1, 0.15) is 35.9 Å². The second-order valence-electron chi connectivity index (χ2n) is 9.49. The van der Waals surface area contributed by atoms with Gasteiger partial charge in [0, 0.05) is 0 Å². The first-order valence-corrected chi connectivity index (χ1v) is 12.2. The molecular weight excluding hydrogens is 400 g/mol. The first-order valence-electron chi connectivity index (χ1n) is 12.2. The Morgan fingerprint density at radius 1 is 0.688 bits per heavy atom. The van der Waals surface area contributed by atoms with Gasteiger partial charge in [-0.1, -0.05) is 38.1 Å². The maximum Gasteiger partial charge on any atom is 0.127 e. The zero-order valence-electron chi connectivity index (χ0n) is 20.5. The maximum absolute atomic E-state index is 6.33. The molecule has 0 saturated carbocycles. The molecule has 0 aromatic heterocycles. The van der Waals surface area contributed by atoms with Crippen LogP contribution in [0.3, 0.4) is 0 Å². The predicted octanol–water partition coefficient (Wildman–Crippen LogP) is 5.82. The molecule has 0 spiro atoms. The van der Waals surface area contributed by atoms with Crippen LogP contribution in [0, 0.1) is 27.7 Å². The lowest BCUT2D eigenvalue weighted by atomic mass is 9.97. The highest BCUT2D eigenvalue weighted by molar-refractivity contribution is 5.45. The molecule has 2 fully saturated rings. The Balaban J connectivity index is 1.41. The van der Waals surface area contributed by atoms with E-state index >= 15 is 0 Å². The van der Waals surface area contributed by atoms with Crippen LogP contribution < -0.4 is 9.47 Å². The third-order valence-corrected chi connectivity index (χ3v) is 6.63. The average Bonchev–Trinajstić information content (AvgIpc) is 3.65. The van der Waals surface area contributed by atoms with Gasteiger partial charge in [0.25, 0.3) is 0 Å². The Kier molecular flexibility index (Phi) is 7.11. The first-order chi connectivity index (χ1) is 15.4. The molecule has 2 heterocycles. The largest absolute Gasteiger partial charge is 0.487 e. The fourth-order valence-electron chi connectivity index (χ4n) is 4.72. The summed E-state index contributed by atoms with van der Waals surface area (Å²) in [7, 11) is 0. The number of ether oxygens (including phenoxy) is 4. The van der Waals surface area contributed by atoms with Crippen molar-refractivity contribution >= 4 is 0 Å². The summed E-state index contributed by atoms with van der Waals surface area (Å²) in [5, 5.41) is 0. The van der Waals surface area contributed by atoms with Crippen LogP contribution in [0.4, 0.5) is 0 Å². The molecule has 0 bridgehead atoms. The number of benzene rings is 2. The predicted molar refractivity (Wildman–Crippen MR) is 128 cm³/mol. The second kappa shape index (κ2) is 9.84. The Labute approximate surface area is 193 Å². The number of hydrogen-bond acceptors (Lipinski definition) is 4. The molecular formula is C28H38O4. The highest BCUT2D eigenvalue weighted by atomic mass is 16.6. The van der Waals surface area contributed by atoms with E-state index in [2.05, 4.69) is 65.8 Å². The molecule has 0 radical (unpaired) electrons. The minimum Gasteiger partial charge on any atom is -0.487 e. The van der Waals surface area contributed by atoms with Crippen molar-refractivity contribution in [3.8, 4) is 11.5 Å². The van der Waals surface area contributed by atoms with Crippen molar-refractivity contribution in [2.45, 2.75) is 91.6 Å². The van der Waals surface area contributed by atoms with E-state index in [1.54, 1.807) is 0 Å². The van der Waals surface area contributed by atoms with Crippen molar-refractivity contribution in [2.75, 3.05) is 13.2 Å². The van der Waals surface area contributed by atoms with Crippen molar-refractivity contribution in [3.05, 3.63) is 57.6 Å². The fourth-order valence-corrected chi connectivity index (χ4v) is 4.72. The quantitative estimate of drug-likeness (QED) is 0.415. The van der Waals surface area contributed by atoms with Crippen LogP contribution in [0.15, 0.2) is 24.3 Å². The van der Waals surface area contributed by atoms with Gasteiger partial charge in [-0.25, -0.2) is 0 Å². The Morgan fingerprint density at radius 2 is 1.00 bits per heavy atom. The standard InChI is InChI=1S/C28H38O4/c1-7-23(25-15-29-25)31-27-17(3)11-21(12-18(27)4)9-10-22-13-19(5)28(20(6)14-22)32-24(8-2)26-16-30-26/h11-14,23-26H,7-10,15-16H2,1-6H3. The van der Waals surface area contributed by atoms with Gasteiger partial charge in [-0.15, -0.1) is 0 Å². The summed E-state index contributed by atoms with van der Waals surface area (Å²) in [5.74, 6) is 2.05. The lowest BCUT2D eigenvalue weighted by Crippen LogP contribution is -2.23. The lowest BCUT2D eigenvalue weighted by molar-refractivity contribution is 0.153. The Hall–Kier alpha value is -2.04. The summed E-state index contributed by atoms with van der Waals surface area (Å²) < 4.78 is 23.6. The van der Waals surface area contributed by atoms with Gasteiger partial charge in [-0.3, -0.25) is 0 Å². The van der Waals surface area contributed by atoms with Gasteiger partial charge in [0.2, 0.25) is 0 Å². The summed E-state index contributed by atoms with van der Waals surface area (Å²) in [4.78, 5) is 0. The summed E-state index contributed by atoms with van der Waals surface area (Å²) >= 11 is 0. The van der Waals surface area contributed by atoms with Gasteiger partial charge in [-0.2, -0.15) is 0 Å². The molecule has 2 aromatic rings. The molecule has 4 unspecified atom stereocenters. The Bertz CT molecular complexity index is 819. The molecule has 0 aliphatic carbocycles. The van der Waals surface area contributed by atoms with Gasteiger partial charge in [-0.05, 0) is 86.8 Å². The van der Waals surface area contributed by atoms with Crippen molar-refractivity contribution in [2.24, 2.45) is 0 Å². The van der Waals surface area contributed by atoms with Crippen molar-refractivity contribution in [3.63, 3.8) is 0 Å². The summed E-state index contributed by atoms with van der Waals surface area (Å²) in [6.45, 7) is 14.6. The molecule has 0 N–H and O–H groups in total. The topological polar surface area (TPSA) is 43.5 Å². The van der Waals surface area contributed by atoms with Crippen LogP contribution in [0.25, 0.3) is 0 Å². The fraction of sp³-hybridized carbons (Fsp3) is 0.571. The summed E-state index contributed by atoms with van der Waals surface area (Å²) in [6, 6.07) is 9.12. The molecule has 32 heavy (non-hydrogen) atoms. The van der Waals surface area contributed by atoms with Crippen LogP contribution in [0.5, 0.6) is 11.5 Å². The van der Waals surface area contributed by atoms with Crippen LogP contribution >= 0.6 is 0 Å². The van der Waals surface area contributed by atoms with E-state index in [0.29, 0.717) is 0 Å². The minimum atomic E-state index is 0.156. The van der Waals surface area contributed by atoms with Crippen molar-refractivity contribution in [1.82, 2.24) is 0 Å². The molecule has 2 saturated heterocycles. The zero-order chi connectivity index (χ0) is 22.8. The number of epoxide rings is 2. The smallest absolute Gasteiger partial charge is 0.127 e. The molecule has 4 nitrogen and oxygen atoms in total. The molecule has 2 aromatic carbocycles. The van der Waals surface area contributed by atoms with E-state index in [1.807, 2.05) is 0 Å². The van der Waals surface area contributed by atoms with Crippen molar-refractivity contribution < 1.29 is 18.9 Å². The first kappa shape index (κ1) is 23.1. The minimum absolute atomic E-state index is 0.156. The van der Waals surface area contributed by atoms with E-state index in [9.17, 15) is 0 Å². The van der Waals surface area contributed by atoms with Gasteiger partial charge in [0.05, 0.1) is 13.2 Å². The third kappa shape index (κ3) is 5.47. The summed E-state index contributed by atoms with van der Waals surface area (Å²) in [6.07, 6.45) is 4.80. The highest BCUT2D eigenvalue weighted by Crippen LogP contribution is 2.32. The van der Waals surface area contributed by atoms with E-state index in [0.717, 1.165) is 50.4 Å². The van der Waals surface area contributed by atoms with Gasteiger partial charge >= 0.3 is 0 Å². The molecule has 0 amide bonds.